The molecule has 2 aromatic carbocycles. The second-order valence-corrected chi connectivity index (χ2v) is 10.2. The monoisotopic (exact) mass is 431 g/mol. The van der Waals surface area contributed by atoms with E-state index in [2.05, 4.69) is 20.7 Å². The quantitative estimate of drug-likeness (QED) is 0.787. The van der Waals surface area contributed by atoms with Gasteiger partial charge in [0.15, 0.2) is 9.84 Å². The van der Waals surface area contributed by atoms with Crippen LogP contribution in [0.25, 0.3) is 0 Å². The molecule has 0 saturated carbocycles. The summed E-state index contributed by atoms with van der Waals surface area (Å²) in [6, 6.07) is 10.9. The fourth-order valence-corrected chi connectivity index (χ4v) is 4.88. The van der Waals surface area contributed by atoms with Crippen molar-refractivity contribution in [2.24, 2.45) is 0 Å². The summed E-state index contributed by atoms with van der Waals surface area (Å²) >= 11 is 3.35. The molecule has 0 saturated heterocycles. The van der Waals surface area contributed by atoms with E-state index in [1.165, 1.54) is 18.2 Å². The van der Waals surface area contributed by atoms with Crippen LogP contribution < -0.4 is 4.72 Å². The van der Waals surface area contributed by atoms with Gasteiger partial charge in [0.2, 0.25) is 10.0 Å². The van der Waals surface area contributed by atoms with Crippen LogP contribution in [-0.4, -0.2) is 23.1 Å². The molecule has 1 unspecified atom stereocenters. The number of sulfonamides is 1. The van der Waals surface area contributed by atoms with E-state index in [0.717, 1.165) is 16.3 Å². The third-order valence-electron chi connectivity index (χ3n) is 3.56. The highest BCUT2D eigenvalue weighted by atomic mass is 79.9. The van der Waals surface area contributed by atoms with Crippen molar-refractivity contribution in [1.29, 1.82) is 0 Å². The smallest absolute Gasteiger partial charge is 0.224 e. The highest BCUT2D eigenvalue weighted by molar-refractivity contribution is 9.10. The Morgan fingerprint density at radius 1 is 1.04 bits per heavy atom. The van der Waals surface area contributed by atoms with Crippen LogP contribution in [0.5, 0.6) is 0 Å². The van der Waals surface area contributed by atoms with Gasteiger partial charge in [-0.15, -0.1) is 0 Å². The van der Waals surface area contributed by atoms with Gasteiger partial charge in [0.25, 0.3) is 0 Å². The molecule has 0 spiro atoms. The Hall–Kier alpha value is -1.22. The van der Waals surface area contributed by atoms with Crippen LogP contribution in [0, 0.1) is 6.92 Å². The van der Waals surface area contributed by atoms with E-state index in [1.54, 1.807) is 13.8 Å². The summed E-state index contributed by atoms with van der Waals surface area (Å²) in [5.41, 5.74) is 1.28. The van der Waals surface area contributed by atoms with Gasteiger partial charge in [-0.1, -0.05) is 34.1 Å². The van der Waals surface area contributed by atoms with Gasteiger partial charge in [0.1, 0.15) is 0 Å². The minimum atomic E-state index is -3.86. The predicted molar refractivity (Wildman–Crippen MR) is 97.2 cm³/mol. The molecule has 130 valence electrons. The minimum Gasteiger partial charge on any atom is -0.224 e. The summed E-state index contributed by atoms with van der Waals surface area (Å²) in [6.45, 7) is 3.36. The lowest BCUT2D eigenvalue weighted by Gasteiger charge is -2.16. The van der Waals surface area contributed by atoms with Gasteiger partial charge in [-0.05, 0) is 49.2 Å². The summed E-state index contributed by atoms with van der Waals surface area (Å²) < 4.78 is 52.2. The van der Waals surface area contributed by atoms with Crippen LogP contribution in [0.15, 0.2) is 56.7 Å². The highest BCUT2D eigenvalue weighted by Gasteiger charge is 2.22. The van der Waals surface area contributed by atoms with E-state index in [0.29, 0.717) is 5.56 Å². The zero-order chi connectivity index (χ0) is 18.1. The molecule has 0 aliphatic rings. The van der Waals surface area contributed by atoms with Crippen molar-refractivity contribution in [3.8, 4) is 0 Å². The van der Waals surface area contributed by atoms with E-state index in [-0.39, 0.29) is 9.79 Å². The number of hydrogen-bond acceptors (Lipinski definition) is 4. The van der Waals surface area contributed by atoms with Gasteiger partial charge in [0, 0.05) is 16.8 Å². The third-order valence-corrected chi connectivity index (χ3v) is 6.84. The van der Waals surface area contributed by atoms with E-state index < -0.39 is 25.9 Å². The summed E-state index contributed by atoms with van der Waals surface area (Å²) in [5.74, 6) is 0. The van der Waals surface area contributed by atoms with E-state index in [1.807, 2.05) is 24.3 Å². The second-order valence-electron chi connectivity index (χ2n) is 5.60. The highest BCUT2D eigenvalue weighted by Crippen LogP contribution is 2.24. The van der Waals surface area contributed by atoms with Crippen LogP contribution >= 0.6 is 15.9 Å². The molecule has 0 aromatic heterocycles. The number of nitrogens with one attached hydrogen (secondary N) is 1. The molecule has 24 heavy (non-hydrogen) atoms. The molecule has 5 nitrogen and oxygen atoms in total. The predicted octanol–water partition coefficient (Wildman–Crippen LogP) is 3.20. The van der Waals surface area contributed by atoms with Crippen molar-refractivity contribution in [3.63, 3.8) is 0 Å². The summed E-state index contributed by atoms with van der Waals surface area (Å²) in [5, 5.41) is 0. The van der Waals surface area contributed by atoms with Gasteiger partial charge in [-0.3, -0.25) is 0 Å². The zero-order valence-electron chi connectivity index (χ0n) is 13.4. The number of aryl methyl sites for hydroxylation is 1. The normalized spacial score (nSPS) is 13.7. The Morgan fingerprint density at radius 3 is 2.29 bits per heavy atom. The maximum atomic E-state index is 12.7. The fraction of sp³-hybridized carbons (Fsp3) is 0.250. The molecule has 2 aromatic rings. The Kier molecular flexibility index (Phi) is 5.54. The zero-order valence-corrected chi connectivity index (χ0v) is 16.7. The fourth-order valence-electron chi connectivity index (χ4n) is 2.24. The SMILES string of the molecule is Cc1ccc(S(C)(=O)=O)cc1S(=O)(=O)NC(C)c1cccc(Br)c1. The topological polar surface area (TPSA) is 80.3 Å². The first-order chi connectivity index (χ1) is 11.0. The molecule has 0 fully saturated rings. The molecule has 0 amide bonds. The van der Waals surface area contributed by atoms with E-state index >= 15 is 0 Å². The van der Waals surface area contributed by atoms with Crippen LogP contribution in [0.3, 0.4) is 0 Å². The lowest BCUT2D eigenvalue weighted by atomic mass is 10.1. The van der Waals surface area contributed by atoms with Crippen LogP contribution in [0.4, 0.5) is 0 Å². The molecular formula is C16H18BrNO4S2. The number of hydrogen-bond donors (Lipinski definition) is 1. The summed E-state index contributed by atoms with van der Waals surface area (Å²) in [6.07, 6.45) is 1.05. The second kappa shape index (κ2) is 6.95. The number of benzene rings is 2. The van der Waals surface area contributed by atoms with Crippen molar-refractivity contribution >= 4 is 35.8 Å². The first-order valence-corrected chi connectivity index (χ1v) is 11.3. The standard InChI is InChI=1S/C16H18BrNO4S2/c1-11-7-8-15(23(3,19)20)10-16(11)24(21,22)18-12(2)13-5-4-6-14(17)9-13/h4-10,12,18H,1-3H3. The van der Waals surface area contributed by atoms with Gasteiger partial charge >= 0.3 is 0 Å². The molecular weight excluding hydrogens is 414 g/mol. The van der Waals surface area contributed by atoms with Crippen LogP contribution in [0.1, 0.15) is 24.1 Å². The van der Waals surface area contributed by atoms with Crippen LogP contribution in [0.2, 0.25) is 0 Å². The molecule has 1 N–H and O–H groups in total. The number of halogens is 1. The van der Waals surface area contributed by atoms with Gasteiger partial charge in [0.05, 0.1) is 9.79 Å². The Balaban J connectivity index is 2.40. The maximum Gasteiger partial charge on any atom is 0.241 e. The Bertz CT molecular complexity index is 969. The van der Waals surface area contributed by atoms with Gasteiger partial charge in [-0.2, -0.15) is 0 Å². The number of rotatable bonds is 5. The number of sulfone groups is 1. The molecule has 0 heterocycles. The molecule has 0 aliphatic carbocycles. The van der Waals surface area contributed by atoms with E-state index in [9.17, 15) is 16.8 Å². The molecule has 8 heteroatoms. The summed E-state index contributed by atoms with van der Waals surface area (Å²) in [4.78, 5) is -0.0594. The third kappa shape index (κ3) is 4.44. The molecule has 2 rings (SSSR count). The average Bonchev–Trinajstić information content (AvgIpc) is 2.45. The van der Waals surface area contributed by atoms with Gasteiger partial charge in [-0.25, -0.2) is 21.6 Å². The maximum absolute atomic E-state index is 12.7. The molecule has 0 radical (unpaired) electrons. The largest absolute Gasteiger partial charge is 0.241 e. The summed E-state index contributed by atoms with van der Waals surface area (Å²) in [7, 11) is -7.35. The lowest BCUT2D eigenvalue weighted by Crippen LogP contribution is -2.27. The Labute approximate surface area is 151 Å². The van der Waals surface area contributed by atoms with Crippen molar-refractivity contribution < 1.29 is 16.8 Å². The van der Waals surface area contributed by atoms with Crippen molar-refractivity contribution in [2.75, 3.05) is 6.26 Å². The van der Waals surface area contributed by atoms with Crippen molar-refractivity contribution in [2.45, 2.75) is 29.7 Å². The first kappa shape index (κ1) is 19.1. The Morgan fingerprint density at radius 2 is 1.71 bits per heavy atom. The lowest BCUT2D eigenvalue weighted by molar-refractivity contribution is 0.566. The first-order valence-electron chi connectivity index (χ1n) is 7.09. The van der Waals surface area contributed by atoms with Crippen molar-refractivity contribution in [3.05, 3.63) is 58.1 Å². The average molecular weight is 432 g/mol. The van der Waals surface area contributed by atoms with Crippen molar-refractivity contribution in [1.82, 2.24) is 4.72 Å². The van der Waals surface area contributed by atoms with E-state index in [4.69, 9.17) is 0 Å². The van der Waals surface area contributed by atoms with Gasteiger partial charge < -0.3 is 0 Å². The molecule has 0 bridgehead atoms. The molecule has 1 atom stereocenters. The molecule has 0 aliphatic heterocycles. The van der Waals surface area contributed by atoms with Crippen LogP contribution in [-0.2, 0) is 19.9 Å². The minimum absolute atomic E-state index is 0.0245.